The summed E-state index contributed by atoms with van der Waals surface area (Å²) in [5.74, 6) is -0.750. The highest BCUT2D eigenvalue weighted by Gasteiger charge is 2.18. The third-order valence-electron chi connectivity index (χ3n) is 4.52. The molecule has 0 aromatic heterocycles. The van der Waals surface area contributed by atoms with Gasteiger partial charge in [0.1, 0.15) is 0 Å². The van der Waals surface area contributed by atoms with Crippen LogP contribution in [0.5, 0.6) is 0 Å². The van der Waals surface area contributed by atoms with Crippen LogP contribution in [0.25, 0.3) is 0 Å². The third-order valence-corrected chi connectivity index (χ3v) is 4.73. The summed E-state index contributed by atoms with van der Waals surface area (Å²) in [6, 6.07) is 12.5. The van der Waals surface area contributed by atoms with Gasteiger partial charge in [-0.05, 0) is 49.5 Å². The zero-order valence-electron chi connectivity index (χ0n) is 16.4. The van der Waals surface area contributed by atoms with Gasteiger partial charge in [0.2, 0.25) is 0 Å². The highest BCUT2D eigenvalue weighted by molar-refractivity contribution is 7.80. The minimum atomic E-state index is -0.448. The van der Waals surface area contributed by atoms with Crippen LogP contribution in [0, 0.1) is 6.92 Å². The van der Waals surface area contributed by atoms with Crippen molar-refractivity contribution in [2.45, 2.75) is 6.92 Å². The van der Waals surface area contributed by atoms with E-state index in [1.54, 1.807) is 24.3 Å². The van der Waals surface area contributed by atoms with Crippen LogP contribution >= 0.6 is 12.2 Å². The second kappa shape index (κ2) is 9.49. The van der Waals surface area contributed by atoms with E-state index >= 15 is 0 Å². The Kier molecular flexibility index (Phi) is 6.79. The molecule has 29 heavy (non-hydrogen) atoms. The lowest BCUT2D eigenvalue weighted by atomic mass is 10.1. The number of hydrogen-bond donors (Lipinski definition) is 2. The molecular weight excluding hydrogens is 390 g/mol. The Morgan fingerprint density at radius 2 is 1.86 bits per heavy atom. The molecule has 1 aliphatic rings. The number of nitrogens with one attached hydrogen (secondary N) is 2. The fourth-order valence-electron chi connectivity index (χ4n) is 3.08. The molecule has 0 unspecified atom stereocenters. The molecule has 0 aliphatic carbocycles. The van der Waals surface area contributed by atoms with E-state index in [1.165, 1.54) is 7.11 Å². The van der Waals surface area contributed by atoms with Crippen molar-refractivity contribution in [1.82, 2.24) is 5.32 Å². The first-order valence-corrected chi connectivity index (χ1v) is 9.63. The number of anilines is 2. The van der Waals surface area contributed by atoms with Crippen molar-refractivity contribution in [3.05, 3.63) is 59.2 Å². The zero-order valence-corrected chi connectivity index (χ0v) is 17.2. The molecule has 0 radical (unpaired) electrons. The SMILES string of the molecule is COC(=O)c1ccc(N2CCOCC2)c(NC(=S)NC(=O)c2cccc(C)c2)c1. The molecule has 1 saturated heterocycles. The van der Waals surface area contributed by atoms with Gasteiger partial charge in [-0.3, -0.25) is 10.1 Å². The van der Waals surface area contributed by atoms with Gasteiger partial charge < -0.3 is 19.7 Å². The van der Waals surface area contributed by atoms with Gasteiger partial charge in [0.15, 0.2) is 5.11 Å². The summed E-state index contributed by atoms with van der Waals surface area (Å²) in [5.41, 5.74) is 3.38. The number of carbonyl (C=O) groups is 2. The standard InChI is InChI=1S/C21H23N3O4S/c1-14-4-3-5-15(12-14)19(25)23-21(29)22-17-13-16(20(26)27-2)6-7-18(17)24-8-10-28-11-9-24/h3-7,12-13H,8-11H2,1-2H3,(H2,22,23,25,29). The van der Waals surface area contributed by atoms with E-state index in [-0.39, 0.29) is 11.0 Å². The van der Waals surface area contributed by atoms with Crippen molar-refractivity contribution in [2.75, 3.05) is 43.6 Å². The summed E-state index contributed by atoms with van der Waals surface area (Å²) < 4.78 is 10.2. The van der Waals surface area contributed by atoms with Gasteiger partial charge in [0.05, 0.1) is 37.3 Å². The van der Waals surface area contributed by atoms with Crippen molar-refractivity contribution in [2.24, 2.45) is 0 Å². The van der Waals surface area contributed by atoms with Crippen LogP contribution < -0.4 is 15.5 Å². The summed E-state index contributed by atoms with van der Waals surface area (Å²) >= 11 is 5.34. The molecule has 7 nitrogen and oxygen atoms in total. The molecule has 0 atom stereocenters. The predicted molar refractivity (Wildman–Crippen MR) is 116 cm³/mol. The average Bonchev–Trinajstić information content (AvgIpc) is 2.73. The number of nitrogens with zero attached hydrogens (tertiary/aromatic N) is 1. The normalized spacial score (nSPS) is 13.5. The number of thiocarbonyl (C=S) groups is 1. The number of hydrogen-bond acceptors (Lipinski definition) is 6. The summed E-state index contributed by atoms with van der Waals surface area (Å²) in [6.07, 6.45) is 0. The van der Waals surface area contributed by atoms with Crippen LogP contribution in [0.1, 0.15) is 26.3 Å². The largest absolute Gasteiger partial charge is 0.465 e. The number of aryl methyl sites for hydroxylation is 1. The fourth-order valence-corrected chi connectivity index (χ4v) is 3.28. The van der Waals surface area contributed by atoms with E-state index in [9.17, 15) is 9.59 Å². The summed E-state index contributed by atoms with van der Waals surface area (Å²) in [6.45, 7) is 4.59. The van der Waals surface area contributed by atoms with E-state index in [1.807, 2.05) is 25.1 Å². The fraction of sp³-hybridized carbons (Fsp3) is 0.286. The van der Waals surface area contributed by atoms with Crippen molar-refractivity contribution in [3.8, 4) is 0 Å². The van der Waals surface area contributed by atoms with Gasteiger partial charge in [-0.25, -0.2) is 4.79 Å². The molecule has 1 heterocycles. The Morgan fingerprint density at radius 3 is 2.55 bits per heavy atom. The van der Waals surface area contributed by atoms with Crippen molar-refractivity contribution in [3.63, 3.8) is 0 Å². The maximum Gasteiger partial charge on any atom is 0.337 e. The van der Waals surface area contributed by atoms with Crippen molar-refractivity contribution in [1.29, 1.82) is 0 Å². The van der Waals surface area contributed by atoms with Gasteiger partial charge in [-0.2, -0.15) is 0 Å². The quantitative estimate of drug-likeness (QED) is 0.589. The van der Waals surface area contributed by atoms with E-state index in [4.69, 9.17) is 21.7 Å². The Bertz CT molecular complexity index is 926. The lowest BCUT2D eigenvalue weighted by Gasteiger charge is -2.31. The first kappa shape index (κ1) is 20.8. The first-order chi connectivity index (χ1) is 14.0. The van der Waals surface area contributed by atoms with E-state index < -0.39 is 5.97 Å². The van der Waals surface area contributed by atoms with E-state index in [0.29, 0.717) is 43.1 Å². The molecule has 1 fully saturated rings. The minimum absolute atomic E-state index is 0.146. The molecular formula is C21H23N3O4S. The van der Waals surface area contributed by atoms with Gasteiger partial charge >= 0.3 is 5.97 Å². The summed E-state index contributed by atoms with van der Waals surface area (Å²) in [7, 11) is 1.33. The number of amides is 1. The number of rotatable bonds is 4. The smallest absolute Gasteiger partial charge is 0.337 e. The van der Waals surface area contributed by atoms with Gasteiger partial charge in [0, 0.05) is 18.7 Å². The van der Waals surface area contributed by atoms with Gasteiger partial charge in [-0.1, -0.05) is 17.7 Å². The number of esters is 1. The van der Waals surface area contributed by atoms with Crippen LogP contribution in [0.15, 0.2) is 42.5 Å². The number of carbonyl (C=O) groups excluding carboxylic acids is 2. The molecule has 2 aromatic carbocycles. The predicted octanol–water partition coefficient (Wildman–Crippen LogP) is 2.75. The Labute approximate surface area is 175 Å². The van der Waals surface area contributed by atoms with Gasteiger partial charge in [-0.15, -0.1) is 0 Å². The van der Waals surface area contributed by atoms with Crippen LogP contribution in [0.3, 0.4) is 0 Å². The van der Waals surface area contributed by atoms with E-state index in [0.717, 1.165) is 11.3 Å². The third kappa shape index (κ3) is 5.30. The van der Waals surface area contributed by atoms with Gasteiger partial charge in [0.25, 0.3) is 5.91 Å². The first-order valence-electron chi connectivity index (χ1n) is 9.22. The molecule has 3 rings (SSSR count). The van der Waals surface area contributed by atoms with E-state index in [2.05, 4.69) is 15.5 Å². The van der Waals surface area contributed by atoms with Crippen LogP contribution in [-0.4, -0.2) is 50.4 Å². The number of methoxy groups -OCH3 is 1. The highest BCUT2D eigenvalue weighted by Crippen LogP contribution is 2.28. The maximum absolute atomic E-state index is 12.5. The van der Waals surface area contributed by atoms with Crippen LogP contribution in [-0.2, 0) is 9.47 Å². The summed E-state index contributed by atoms with van der Waals surface area (Å²) in [4.78, 5) is 26.6. The lowest BCUT2D eigenvalue weighted by Crippen LogP contribution is -2.38. The van der Waals surface area contributed by atoms with Crippen molar-refractivity contribution >= 4 is 40.6 Å². The topological polar surface area (TPSA) is 79.9 Å². The number of morpholine rings is 1. The average molecular weight is 413 g/mol. The summed E-state index contributed by atoms with van der Waals surface area (Å²) in [5, 5.41) is 5.88. The molecule has 0 spiro atoms. The Morgan fingerprint density at radius 1 is 1.10 bits per heavy atom. The molecule has 1 amide bonds. The number of ether oxygens (including phenoxy) is 2. The molecule has 8 heteroatoms. The second-order valence-corrected chi connectivity index (χ2v) is 7.01. The molecule has 2 N–H and O–H groups in total. The molecule has 2 aromatic rings. The molecule has 1 aliphatic heterocycles. The van der Waals surface area contributed by atoms with Crippen LogP contribution in [0.4, 0.5) is 11.4 Å². The Hall–Kier alpha value is -2.97. The zero-order chi connectivity index (χ0) is 20.8. The Balaban J connectivity index is 1.80. The lowest BCUT2D eigenvalue weighted by molar-refractivity contribution is 0.0600. The monoisotopic (exact) mass is 413 g/mol. The second-order valence-electron chi connectivity index (χ2n) is 6.60. The molecule has 0 saturated carbocycles. The molecule has 0 bridgehead atoms. The van der Waals surface area contributed by atoms with Crippen LogP contribution in [0.2, 0.25) is 0 Å². The minimum Gasteiger partial charge on any atom is -0.465 e. The maximum atomic E-state index is 12.5. The van der Waals surface area contributed by atoms with Crippen molar-refractivity contribution < 1.29 is 19.1 Å². The molecule has 152 valence electrons. The highest BCUT2D eigenvalue weighted by atomic mass is 32.1. The number of benzene rings is 2.